The summed E-state index contributed by atoms with van der Waals surface area (Å²) in [6.45, 7) is 5.88. The zero-order valence-electron chi connectivity index (χ0n) is 18.1. The molecule has 4 aromatic rings. The molecule has 0 radical (unpaired) electrons. The molecular formula is C24H26N6OS. The van der Waals surface area contributed by atoms with Crippen LogP contribution in [0.15, 0.2) is 70.2 Å². The molecule has 164 valence electrons. The van der Waals surface area contributed by atoms with Crippen LogP contribution in [0.4, 0.5) is 0 Å². The molecule has 0 bridgehead atoms. The van der Waals surface area contributed by atoms with Gasteiger partial charge in [-0.15, -0.1) is 20.4 Å². The Hall–Kier alpha value is -2.97. The van der Waals surface area contributed by atoms with Gasteiger partial charge in [0.1, 0.15) is 5.82 Å². The third kappa shape index (κ3) is 4.76. The van der Waals surface area contributed by atoms with Crippen LogP contribution in [0.3, 0.4) is 0 Å². The summed E-state index contributed by atoms with van der Waals surface area (Å²) in [6, 6.07) is 20.3. The molecule has 5 rings (SSSR count). The highest BCUT2D eigenvalue weighted by Crippen LogP contribution is 2.35. The Morgan fingerprint density at radius 3 is 2.34 bits per heavy atom. The molecule has 1 aliphatic rings. The van der Waals surface area contributed by atoms with Gasteiger partial charge < -0.3 is 8.98 Å². The molecule has 1 fully saturated rings. The van der Waals surface area contributed by atoms with E-state index in [1.807, 2.05) is 36.4 Å². The van der Waals surface area contributed by atoms with Crippen LogP contribution in [0.2, 0.25) is 0 Å². The molecule has 8 heteroatoms. The Morgan fingerprint density at radius 2 is 1.59 bits per heavy atom. The van der Waals surface area contributed by atoms with E-state index in [0.717, 1.165) is 42.7 Å². The summed E-state index contributed by atoms with van der Waals surface area (Å²) >= 11 is 1.60. The first-order valence-corrected chi connectivity index (χ1v) is 11.9. The van der Waals surface area contributed by atoms with Crippen molar-refractivity contribution < 1.29 is 4.42 Å². The first-order valence-electron chi connectivity index (χ1n) is 11.0. The van der Waals surface area contributed by atoms with Crippen LogP contribution < -0.4 is 0 Å². The first kappa shape index (κ1) is 20.9. The number of benzene rings is 2. The molecular weight excluding hydrogens is 420 g/mol. The predicted octanol–water partition coefficient (Wildman–Crippen LogP) is 4.83. The fourth-order valence-corrected chi connectivity index (χ4v) is 4.79. The second-order valence-corrected chi connectivity index (χ2v) is 9.33. The van der Waals surface area contributed by atoms with E-state index in [1.54, 1.807) is 11.8 Å². The van der Waals surface area contributed by atoms with Crippen LogP contribution in [0.5, 0.6) is 0 Å². The van der Waals surface area contributed by atoms with Crippen molar-refractivity contribution in [3.63, 3.8) is 0 Å². The average Bonchev–Trinajstić information content (AvgIpc) is 3.59. The van der Waals surface area contributed by atoms with Gasteiger partial charge in [-0.2, -0.15) is 0 Å². The fraction of sp³-hybridized carbons (Fsp3) is 0.333. The number of thioether (sulfide) groups is 1. The number of nitrogens with zero attached hydrogens (tertiary/aromatic N) is 6. The highest BCUT2D eigenvalue weighted by Gasteiger charge is 2.23. The maximum absolute atomic E-state index is 5.97. The number of hydrogen-bond acceptors (Lipinski definition) is 7. The minimum Gasteiger partial charge on any atom is -0.419 e. The topological polar surface area (TPSA) is 72.9 Å². The van der Waals surface area contributed by atoms with Gasteiger partial charge in [-0.05, 0) is 50.6 Å². The van der Waals surface area contributed by atoms with Crippen molar-refractivity contribution in [1.82, 2.24) is 29.9 Å². The molecule has 0 amide bonds. The third-order valence-corrected chi connectivity index (χ3v) is 6.70. The van der Waals surface area contributed by atoms with Crippen molar-refractivity contribution in [2.75, 3.05) is 13.1 Å². The number of rotatable bonds is 8. The van der Waals surface area contributed by atoms with Gasteiger partial charge in [0.25, 0.3) is 0 Å². The lowest BCUT2D eigenvalue weighted by molar-refractivity contribution is 0.316. The van der Waals surface area contributed by atoms with Crippen LogP contribution in [0, 0.1) is 0 Å². The molecule has 1 aliphatic heterocycles. The number of hydrogen-bond donors (Lipinski definition) is 0. The summed E-state index contributed by atoms with van der Waals surface area (Å²) in [6.07, 6.45) is 2.51. The highest BCUT2D eigenvalue weighted by atomic mass is 32.2. The van der Waals surface area contributed by atoms with Crippen molar-refractivity contribution >= 4 is 11.8 Å². The lowest BCUT2D eigenvalue weighted by Crippen LogP contribution is -2.21. The lowest BCUT2D eigenvalue weighted by atomic mass is 10.2. The fourth-order valence-electron chi connectivity index (χ4n) is 3.89. The molecule has 7 nitrogen and oxygen atoms in total. The summed E-state index contributed by atoms with van der Waals surface area (Å²) in [4.78, 5) is 2.45. The van der Waals surface area contributed by atoms with Gasteiger partial charge in [-0.25, -0.2) is 0 Å². The normalized spacial score (nSPS) is 15.3. The molecule has 0 saturated carbocycles. The monoisotopic (exact) mass is 446 g/mol. The Bertz CT molecular complexity index is 1140. The molecule has 0 spiro atoms. The largest absolute Gasteiger partial charge is 0.419 e. The van der Waals surface area contributed by atoms with Gasteiger partial charge >= 0.3 is 0 Å². The molecule has 32 heavy (non-hydrogen) atoms. The Labute approximate surface area is 191 Å². The lowest BCUT2D eigenvalue weighted by Gasteiger charge is -2.16. The minimum atomic E-state index is -0.0432. The molecule has 2 aromatic heterocycles. The maximum Gasteiger partial charge on any atom is 0.247 e. The number of aromatic nitrogens is 5. The van der Waals surface area contributed by atoms with Gasteiger partial charge in [-0.1, -0.05) is 60.3 Å². The average molecular weight is 447 g/mol. The van der Waals surface area contributed by atoms with E-state index >= 15 is 0 Å². The summed E-state index contributed by atoms with van der Waals surface area (Å²) in [5.74, 6) is 2.12. The smallest absolute Gasteiger partial charge is 0.247 e. The van der Waals surface area contributed by atoms with Gasteiger partial charge in [0.15, 0.2) is 5.16 Å². The summed E-state index contributed by atoms with van der Waals surface area (Å²) < 4.78 is 8.19. The van der Waals surface area contributed by atoms with Crippen molar-refractivity contribution in [2.24, 2.45) is 0 Å². The van der Waals surface area contributed by atoms with Crippen LogP contribution in [-0.2, 0) is 13.1 Å². The SMILES string of the molecule is C[C@@H](Sc1nnc(CN2CCCC2)n1Cc1ccccc1)c1nnc(-c2ccccc2)o1. The second kappa shape index (κ2) is 9.67. The van der Waals surface area contributed by atoms with Gasteiger partial charge in [-0.3, -0.25) is 4.90 Å². The predicted molar refractivity (Wildman–Crippen MR) is 124 cm³/mol. The molecule has 1 atom stereocenters. The molecule has 2 aromatic carbocycles. The molecule has 0 aliphatic carbocycles. The minimum absolute atomic E-state index is 0.0432. The maximum atomic E-state index is 5.97. The van der Waals surface area contributed by atoms with E-state index in [-0.39, 0.29) is 5.25 Å². The van der Waals surface area contributed by atoms with Crippen LogP contribution in [0.1, 0.15) is 42.3 Å². The van der Waals surface area contributed by atoms with E-state index in [4.69, 9.17) is 4.42 Å². The van der Waals surface area contributed by atoms with Crippen molar-refractivity contribution in [2.45, 2.75) is 43.3 Å². The summed E-state index contributed by atoms with van der Waals surface area (Å²) in [5.41, 5.74) is 2.15. The van der Waals surface area contributed by atoms with Crippen LogP contribution >= 0.6 is 11.8 Å². The molecule has 0 N–H and O–H groups in total. The Kier molecular flexibility index (Phi) is 6.31. The summed E-state index contributed by atoms with van der Waals surface area (Å²) in [5, 5.41) is 18.5. The molecule has 3 heterocycles. The van der Waals surface area contributed by atoms with Gasteiger partial charge in [0.05, 0.1) is 18.3 Å². The first-order chi connectivity index (χ1) is 15.8. The van der Waals surface area contributed by atoms with E-state index < -0.39 is 0 Å². The third-order valence-electron chi connectivity index (χ3n) is 5.63. The van der Waals surface area contributed by atoms with E-state index in [1.165, 1.54) is 18.4 Å². The molecule has 1 saturated heterocycles. The summed E-state index contributed by atoms with van der Waals surface area (Å²) in [7, 11) is 0. The van der Waals surface area contributed by atoms with E-state index in [9.17, 15) is 0 Å². The van der Waals surface area contributed by atoms with Crippen molar-refractivity contribution in [3.8, 4) is 11.5 Å². The quantitative estimate of drug-likeness (QED) is 0.359. The van der Waals surface area contributed by atoms with Crippen LogP contribution in [-0.4, -0.2) is 43.0 Å². The highest BCUT2D eigenvalue weighted by molar-refractivity contribution is 7.99. The van der Waals surface area contributed by atoms with E-state index in [0.29, 0.717) is 11.8 Å². The zero-order chi connectivity index (χ0) is 21.8. The standard InChI is InChI=1S/C24H26N6OS/c1-18(22-26-27-23(31-22)20-12-6-3-7-13-20)32-24-28-25-21(17-29-14-8-9-15-29)30(24)16-19-10-4-2-5-11-19/h2-7,10-13,18H,8-9,14-17H2,1H3/t18-/m1/s1. The van der Waals surface area contributed by atoms with Gasteiger partial charge in [0.2, 0.25) is 11.8 Å². The van der Waals surface area contributed by atoms with Gasteiger partial charge in [0, 0.05) is 5.56 Å². The molecule has 0 unspecified atom stereocenters. The van der Waals surface area contributed by atoms with E-state index in [2.05, 4.69) is 61.1 Å². The van der Waals surface area contributed by atoms with Crippen LogP contribution in [0.25, 0.3) is 11.5 Å². The zero-order valence-corrected chi connectivity index (χ0v) is 18.9. The van der Waals surface area contributed by atoms with Crippen molar-refractivity contribution in [1.29, 1.82) is 0 Å². The number of likely N-dealkylation sites (tertiary alicyclic amines) is 1. The second-order valence-electron chi connectivity index (χ2n) is 8.03. The van der Waals surface area contributed by atoms with Crippen molar-refractivity contribution in [3.05, 3.63) is 77.9 Å². The Balaban J connectivity index is 1.37. The Morgan fingerprint density at radius 1 is 0.875 bits per heavy atom.